The van der Waals surface area contributed by atoms with E-state index >= 15 is 0 Å². The minimum atomic E-state index is -0.959. The molecule has 0 spiro atoms. The molecule has 1 N–H and O–H groups in total. The fourth-order valence-electron chi connectivity index (χ4n) is 2.20. The van der Waals surface area contributed by atoms with Crippen molar-refractivity contribution in [1.82, 2.24) is 0 Å². The smallest absolute Gasteiger partial charge is 0.336 e. The molecule has 1 atom stereocenters. The van der Waals surface area contributed by atoms with Crippen LogP contribution in [0.15, 0.2) is 59.6 Å². The standard InChI is InChI=1S/C21H20ClNO4/c1-14(2)20(21(25)26)23-13-16-5-10-18(11-6-16)27-19(24)12-7-15-3-8-17(22)9-4-15/h3-14,20H,1-2H3,(H,25,26)/b12-7+,23-13?. The summed E-state index contributed by atoms with van der Waals surface area (Å²) >= 11 is 5.81. The van der Waals surface area contributed by atoms with Crippen molar-refractivity contribution in [2.75, 3.05) is 0 Å². The number of ether oxygens (including phenoxy) is 1. The highest BCUT2D eigenvalue weighted by Gasteiger charge is 2.19. The van der Waals surface area contributed by atoms with Crippen LogP contribution in [0, 0.1) is 5.92 Å². The Hall–Kier alpha value is -2.92. The number of benzene rings is 2. The van der Waals surface area contributed by atoms with Gasteiger partial charge in [0.2, 0.25) is 0 Å². The summed E-state index contributed by atoms with van der Waals surface area (Å²) < 4.78 is 5.23. The van der Waals surface area contributed by atoms with Crippen LogP contribution in [-0.2, 0) is 9.59 Å². The summed E-state index contributed by atoms with van der Waals surface area (Å²) in [6, 6.07) is 12.9. The molecule has 2 aromatic rings. The number of aliphatic carboxylic acids is 1. The van der Waals surface area contributed by atoms with Gasteiger partial charge >= 0.3 is 11.9 Å². The van der Waals surface area contributed by atoms with Crippen LogP contribution in [0.4, 0.5) is 0 Å². The van der Waals surface area contributed by atoms with Gasteiger partial charge in [0.1, 0.15) is 11.8 Å². The average Bonchev–Trinajstić information content (AvgIpc) is 2.62. The zero-order valence-corrected chi connectivity index (χ0v) is 15.8. The first kappa shape index (κ1) is 20.4. The highest BCUT2D eigenvalue weighted by molar-refractivity contribution is 6.30. The summed E-state index contributed by atoms with van der Waals surface area (Å²) in [6.45, 7) is 3.60. The number of carboxylic acid groups (broad SMARTS) is 1. The lowest BCUT2D eigenvalue weighted by atomic mass is 10.1. The molecule has 27 heavy (non-hydrogen) atoms. The van der Waals surface area contributed by atoms with Gasteiger partial charge in [-0.3, -0.25) is 4.99 Å². The summed E-state index contributed by atoms with van der Waals surface area (Å²) in [6.07, 6.45) is 4.47. The number of hydrogen-bond donors (Lipinski definition) is 1. The third kappa shape index (κ3) is 6.72. The Morgan fingerprint density at radius 3 is 2.19 bits per heavy atom. The van der Waals surface area contributed by atoms with E-state index in [0.29, 0.717) is 10.8 Å². The maximum atomic E-state index is 11.9. The Labute approximate surface area is 163 Å². The van der Waals surface area contributed by atoms with E-state index in [-0.39, 0.29) is 5.92 Å². The quantitative estimate of drug-likeness (QED) is 0.330. The van der Waals surface area contributed by atoms with Crippen molar-refractivity contribution >= 4 is 35.8 Å². The van der Waals surface area contributed by atoms with Gasteiger partial charge in [-0.15, -0.1) is 0 Å². The molecule has 0 heterocycles. The number of carboxylic acids is 1. The number of hydrogen-bond acceptors (Lipinski definition) is 4. The number of carbonyl (C=O) groups is 2. The van der Waals surface area contributed by atoms with Crippen molar-refractivity contribution in [3.63, 3.8) is 0 Å². The lowest BCUT2D eigenvalue weighted by Crippen LogP contribution is -2.24. The molecule has 140 valence electrons. The lowest BCUT2D eigenvalue weighted by molar-refractivity contribution is -0.139. The zero-order chi connectivity index (χ0) is 19.8. The Balaban J connectivity index is 1.95. The maximum Gasteiger partial charge on any atom is 0.336 e. The van der Waals surface area contributed by atoms with Gasteiger partial charge in [-0.25, -0.2) is 9.59 Å². The largest absolute Gasteiger partial charge is 0.480 e. The van der Waals surface area contributed by atoms with E-state index in [1.54, 1.807) is 68.5 Å². The predicted octanol–water partition coefficient (Wildman–Crippen LogP) is 4.49. The number of nitrogens with zero attached hydrogens (tertiary/aromatic N) is 1. The molecule has 2 rings (SSSR count). The third-order valence-corrected chi connectivity index (χ3v) is 3.90. The van der Waals surface area contributed by atoms with E-state index < -0.39 is 18.0 Å². The molecule has 0 fully saturated rings. The molecule has 0 radical (unpaired) electrons. The molecule has 0 saturated heterocycles. The topological polar surface area (TPSA) is 76.0 Å². The van der Waals surface area contributed by atoms with Gasteiger partial charge in [0.15, 0.2) is 0 Å². The van der Waals surface area contributed by atoms with Crippen molar-refractivity contribution in [3.8, 4) is 5.75 Å². The molecule has 0 bridgehead atoms. The fourth-order valence-corrected chi connectivity index (χ4v) is 2.32. The van der Waals surface area contributed by atoms with Gasteiger partial charge in [-0.1, -0.05) is 37.6 Å². The molecule has 2 aromatic carbocycles. The molecule has 0 saturated carbocycles. The number of rotatable bonds is 7. The monoisotopic (exact) mass is 385 g/mol. The molecule has 1 unspecified atom stereocenters. The van der Waals surface area contributed by atoms with E-state index in [1.165, 1.54) is 12.3 Å². The molecule has 6 heteroatoms. The van der Waals surface area contributed by atoms with E-state index in [2.05, 4.69) is 4.99 Å². The minimum absolute atomic E-state index is 0.105. The van der Waals surface area contributed by atoms with Crippen LogP contribution in [0.25, 0.3) is 6.08 Å². The first-order chi connectivity index (χ1) is 12.8. The lowest BCUT2D eigenvalue weighted by Gasteiger charge is -2.10. The summed E-state index contributed by atoms with van der Waals surface area (Å²) in [4.78, 5) is 27.1. The molecule has 0 amide bonds. The molecule has 0 aromatic heterocycles. The normalized spacial score (nSPS) is 12.6. The number of halogens is 1. The molecule has 5 nitrogen and oxygen atoms in total. The van der Waals surface area contributed by atoms with Gasteiger partial charge < -0.3 is 9.84 Å². The minimum Gasteiger partial charge on any atom is -0.480 e. The molecule has 0 aliphatic carbocycles. The maximum absolute atomic E-state index is 11.9. The fraction of sp³-hybridized carbons (Fsp3) is 0.190. The Morgan fingerprint density at radius 2 is 1.63 bits per heavy atom. The van der Waals surface area contributed by atoms with Crippen LogP contribution in [0.3, 0.4) is 0 Å². The highest BCUT2D eigenvalue weighted by atomic mass is 35.5. The van der Waals surface area contributed by atoms with Gasteiger partial charge in [0, 0.05) is 17.3 Å². The van der Waals surface area contributed by atoms with Crippen LogP contribution in [0.1, 0.15) is 25.0 Å². The van der Waals surface area contributed by atoms with Crippen LogP contribution in [-0.4, -0.2) is 29.3 Å². The Kier molecular flexibility index (Phi) is 7.32. The Morgan fingerprint density at radius 1 is 1.04 bits per heavy atom. The van der Waals surface area contributed by atoms with E-state index in [4.69, 9.17) is 21.4 Å². The predicted molar refractivity (Wildman–Crippen MR) is 106 cm³/mol. The van der Waals surface area contributed by atoms with Gasteiger partial charge in [0.05, 0.1) is 0 Å². The number of carbonyl (C=O) groups excluding carboxylic acids is 1. The van der Waals surface area contributed by atoms with Gasteiger partial charge in [-0.2, -0.15) is 0 Å². The second-order valence-corrected chi connectivity index (χ2v) is 6.62. The summed E-state index contributed by atoms with van der Waals surface area (Å²) in [5, 5.41) is 9.75. The van der Waals surface area contributed by atoms with Crippen LogP contribution < -0.4 is 4.74 Å². The van der Waals surface area contributed by atoms with Crippen molar-refractivity contribution in [1.29, 1.82) is 0 Å². The second kappa shape index (κ2) is 9.69. The average molecular weight is 386 g/mol. The highest BCUT2D eigenvalue weighted by Crippen LogP contribution is 2.14. The summed E-state index contributed by atoms with van der Waals surface area (Å²) in [7, 11) is 0. The van der Waals surface area contributed by atoms with E-state index in [1.807, 2.05) is 0 Å². The molecule has 0 aliphatic heterocycles. The van der Waals surface area contributed by atoms with Gasteiger partial charge in [-0.05, 0) is 59.5 Å². The van der Waals surface area contributed by atoms with E-state index in [9.17, 15) is 9.59 Å². The number of aliphatic imine (C=N–C) groups is 1. The van der Waals surface area contributed by atoms with E-state index in [0.717, 1.165) is 11.1 Å². The van der Waals surface area contributed by atoms with Crippen LogP contribution in [0.5, 0.6) is 5.75 Å². The van der Waals surface area contributed by atoms with Crippen molar-refractivity contribution in [3.05, 3.63) is 70.8 Å². The van der Waals surface area contributed by atoms with Crippen LogP contribution >= 0.6 is 11.6 Å². The summed E-state index contributed by atoms with van der Waals surface area (Å²) in [5.41, 5.74) is 1.56. The van der Waals surface area contributed by atoms with Gasteiger partial charge in [0.25, 0.3) is 0 Å². The first-order valence-corrected chi connectivity index (χ1v) is 8.74. The molecular formula is C21H20ClNO4. The first-order valence-electron chi connectivity index (χ1n) is 8.36. The Bertz CT molecular complexity index is 839. The second-order valence-electron chi connectivity index (χ2n) is 6.18. The number of esters is 1. The van der Waals surface area contributed by atoms with Crippen molar-refractivity contribution in [2.24, 2.45) is 10.9 Å². The molecular weight excluding hydrogens is 366 g/mol. The zero-order valence-electron chi connectivity index (χ0n) is 15.0. The molecule has 0 aliphatic rings. The SMILES string of the molecule is CC(C)C(N=Cc1ccc(OC(=O)/C=C/c2ccc(Cl)cc2)cc1)C(=O)O. The van der Waals surface area contributed by atoms with Crippen LogP contribution in [0.2, 0.25) is 5.02 Å². The third-order valence-electron chi connectivity index (χ3n) is 3.65. The van der Waals surface area contributed by atoms with Crippen molar-refractivity contribution in [2.45, 2.75) is 19.9 Å². The van der Waals surface area contributed by atoms with Crippen molar-refractivity contribution < 1.29 is 19.4 Å². The summed E-state index contributed by atoms with van der Waals surface area (Å²) in [5.74, 6) is -1.18.